The standard InChI is InChI=1S/C20H21NO6S2.C18H17NO6S2.C13H15NO3S.C9H8BrNO.C9H9NO/c1-4-27-20(22)13-28-19-12-21(18-10-7-15(26-3)11-17(18)19)29(23,24)16-8-5-14(25-2)6-9-16;1-24-12-3-6-14(7-4-12)27(22,23)19-10-17(26-11-18(20)21)15-9-13(25-2)5-8-16(15)19;1-3-17-13(15)8-18-12-7-14-11-5-4-9(16-2)6-10(11)12;1-12-6-2-3-9-7(4-6)8(10)5-11-9;1-11-8-2-3-9-7(6-8)4-5-10-9/h5-12H,4,13H2,1-3H3;3-10H,11H2,1-2H3,(H,20,21);4-7,14H,3,8H2,1-2H3;2-5,11H,1H3;2-6,10H,1H3. The molecule has 5 aromatic heterocycles. The molecule has 12 rings (SSSR count). The monoisotopic (exact) mass is 1480 g/mol. The lowest BCUT2D eigenvalue weighted by atomic mass is 10.2. The van der Waals surface area contributed by atoms with E-state index in [4.69, 9.17) is 47.7 Å². The van der Waals surface area contributed by atoms with E-state index in [1.807, 2.05) is 79.3 Å². The van der Waals surface area contributed by atoms with Gasteiger partial charge in [-0.2, -0.15) is 0 Å². The minimum atomic E-state index is -3.87. The predicted octanol–water partition coefficient (Wildman–Crippen LogP) is 14.6. The molecule has 0 saturated carbocycles. The van der Waals surface area contributed by atoms with E-state index in [9.17, 15) is 31.2 Å². The molecule has 22 nitrogen and oxygen atoms in total. The van der Waals surface area contributed by atoms with Crippen LogP contribution in [0, 0.1) is 0 Å². The Morgan fingerprint density at radius 3 is 1.25 bits per heavy atom. The van der Waals surface area contributed by atoms with E-state index >= 15 is 0 Å². The fourth-order valence-electron chi connectivity index (χ4n) is 9.39. The average Bonchev–Trinajstić information content (AvgIpc) is 1.63. The molecule has 0 aliphatic heterocycles. The second-order valence-electron chi connectivity index (χ2n) is 20.1. The van der Waals surface area contributed by atoms with Crippen LogP contribution in [0.5, 0.6) is 40.2 Å². The van der Waals surface area contributed by atoms with Crippen LogP contribution >= 0.6 is 51.2 Å². The number of esters is 2. The quantitative estimate of drug-likeness (QED) is 0.0362. The van der Waals surface area contributed by atoms with Crippen molar-refractivity contribution < 1.29 is 79.0 Å². The second-order valence-corrected chi connectivity index (χ2v) is 27.7. The first kappa shape index (κ1) is 73.5. The van der Waals surface area contributed by atoms with E-state index in [0.29, 0.717) is 73.6 Å². The number of carbonyl (C=O) groups excluding carboxylic acids is 2. The van der Waals surface area contributed by atoms with Crippen LogP contribution in [0.3, 0.4) is 0 Å². The first-order valence-electron chi connectivity index (χ1n) is 29.4. The Hall–Kier alpha value is -9.32. The van der Waals surface area contributed by atoms with Gasteiger partial charge in [0.05, 0.1) is 101 Å². The number of fused-ring (bicyclic) bond motifs is 5. The number of carboxylic acid groups (broad SMARTS) is 1. The van der Waals surface area contributed by atoms with Gasteiger partial charge >= 0.3 is 17.9 Å². The van der Waals surface area contributed by atoms with Crippen LogP contribution in [0.1, 0.15) is 13.8 Å². The summed E-state index contributed by atoms with van der Waals surface area (Å²) in [6.07, 6.45) is 8.70. The van der Waals surface area contributed by atoms with Crippen LogP contribution in [-0.2, 0) is 43.9 Å². The third-order valence-electron chi connectivity index (χ3n) is 14.2. The summed E-state index contributed by atoms with van der Waals surface area (Å²) in [6, 6.07) is 42.1. The van der Waals surface area contributed by atoms with Crippen LogP contribution in [0.4, 0.5) is 0 Å². The van der Waals surface area contributed by atoms with Crippen molar-refractivity contribution in [2.45, 2.75) is 38.3 Å². The van der Waals surface area contributed by atoms with Gasteiger partial charge in [-0.25, -0.2) is 24.8 Å². The largest absolute Gasteiger partial charge is 0.497 e. The summed E-state index contributed by atoms with van der Waals surface area (Å²) in [5, 5.41) is 13.6. The zero-order valence-corrected chi connectivity index (χ0v) is 59.7. The minimum Gasteiger partial charge on any atom is -0.497 e. The molecule has 0 spiro atoms. The molecule has 4 N–H and O–H groups in total. The Kier molecular flexibility index (Phi) is 26.2. The van der Waals surface area contributed by atoms with Crippen molar-refractivity contribution in [3.05, 3.63) is 181 Å². The molecule has 0 fully saturated rings. The minimum absolute atomic E-state index is 0.0761. The summed E-state index contributed by atoms with van der Waals surface area (Å²) in [7, 11) is 3.33. The van der Waals surface area contributed by atoms with E-state index in [1.54, 1.807) is 95.8 Å². The molecular formula is C69H70BrN5O17S5. The lowest BCUT2D eigenvalue weighted by molar-refractivity contribution is -0.140. The summed E-state index contributed by atoms with van der Waals surface area (Å²) >= 11 is 7.18. The van der Waals surface area contributed by atoms with Crippen LogP contribution in [0.25, 0.3) is 54.5 Å². The maximum absolute atomic E-state index is 13.2. The van der Waals surface area contributed by atoms with Gasteiger partial charge < -0.3 is 62.7 Å². The number of hydrogen-bond donors (Lipinski definition) is 4. The number of aromatic amines is 3. The maximum Gasteiger partial charge on any atom is 0.316 e. The number of rotatable bonds is 22. The highest BCUT2D eigenvalue weighted by Gasteiger charge is 2.25. The smallest absolute Gasteiger partial charge is 0.316 e. The lowest BCUT2D eigenvalue weighted by Crippen LogP contribution is -2.11. The Morgan fingerprint density at radius 1 is 0.433 bits per heavy atom. The number of carbonyl (C=O) groups is 3. The highest BCUT2D eigenvalue weighted by atomic mass is 79.9. The van der Waals surface area contributed by atoms with E-state index in [0.717, 1.165) is 69.7 Å². The van der Waals surface area contributed by atoms with Gasteiger partial charge in [0.15, 0.2) is 0 Å². The number of halogens is 1. The Labute approximate surface area is 581 Å². The molecule has 0 saturated heterocycles. The summed E-state index contributed by atoms with van der Waals surface area (Å²) in [4.78, 5) is 45.9. The van der Waals surface area contributed by atoms with Crippen LogP contribution in [0.2, 0.25) is 0 Å². The number of hydrogen-bond acceptors (Lipinski definition) is 19. The highest BCUT2D eigenvalue weighted by molar-refractivity contribution is 9.10. The first-order chi connectivity index (χ1) is 46.7. The van der Waals surface area contributed by atoms with Crippen molar-refractivity contribution in [3.63, 3.8) is 0 Å². The number of aromatic nitrogens is 5. The van der Waals surface area contributed by atoms with Crippen LogP contribution in [-0.4, -0.2) is 143 Å². The molecule has 0 bridgehead atoms. The molecular weight excluding hydrogens is 1410 g/mol. The Bertz CT molecular complexity index is 4890. The molecule has 97 heavy (non-hydrogen) atoms. The van der Waals surface area contributed by atoms with E-state index < -0.39 is 26.0 Å². The summed E-state index contributed by atoms with van der Waals surface area (Å²) in [6.45, 7) is 4.25. The molecule has 0 atom stereocenters. The second kappa shape index (κ2) is 34.6. The van der Waals surface area contributed by atoms with Crippen LogP contribution in [0.15, 0.2) is 206 Å². The number of nitrogens with zero attached hydrogens (tertiary/aromatic N) is 2. The van der Waals surface area contributed by atoms with E-state index in [1.165, 1.54) is 98.0 Å². The topological polar surface area (TPSA) is 280 Å². The number of H-pyrrole nitrogens is 3. The number of thioether (sulfide) groups is 3. The fraction of sp³-hybridized carbons (Fsp3) is 0.203. The van der Waals surface area contributed by atoms with Crippen molar-refractivity contribution >= 4 is 144 Å². The van der Waals surface area contributed by atoms with Gasteiger partial charge in [0.2, 0.25) is 0 Å². The van der Waals surface area contributed by atoms with Gasteiger partial charge in [-0.3, -0.25) is 14.4 Å². The summed E-state index contributed by atoms with van der Waals surface area (Å²) in [5.41, 5.74) is 4.23. The van der Waals surface area contributed by atoms with E-state index in [2.05, 4.69) is 30.9 Å². The first-order valence-corrected chi connectivity index (χ1v) is 36.0. The molecule has 5 heterocycles. The third-order valence-corrected chi connectivity index (χ3v) is 21.3. The number of aliphatic carboxylic acids is 1. The number of benzene rings is 7. The number of carboxylic acids is 1. The van der Waals surface area contributed by atoms with Gasteiger partial charge in [0, 0.05) is 93.6 Å². The van der Waals surface area contributed by atoms with Gasteiger partial charge in [0.25, 0.3) is 20.0 Å². The summed E-state index contributed by atoms with van der Waals surface area (Å²) in [5.74, 6) is 3.52. The molecule has 0 aliphatic carbocycles. The molecule has 510 valence electrons. The molecule has 12 aromatic rings. The Balaban J connectivity index is 0.000000162. The van der Waals surface area contributed by atoms with Crippen LogP contribution < -0.4 is 33.2 Å². The van der Waals surface area contributed by atoms with Crippen molar-refractivity contribution in [1.82, 2.24) is 22.9 Å². The van der Waals surface area contributed by atoms with Crippen molar-refractivity contribution in [2.75, 3.05) is 80.2 Å². The van der Waals surface area contributed by atoms with Gasteiger partial charge in [-0.15, -0.1) is 35.3 Å². The molecule has 0 aliphatic rings. The van der Waals surface area contributed by atoms with Gasteiger partial charge in [-0.05, 0) is 175 Å². The normalized spacial score (nSPS) is 11.0. The fourth-order valence-corrected chi connectivity index (χ4v) is 15.2. The molecule has 7 aromatic carbocycles. The van der Waals surface area contributed by atoms with Crippen molar-refractivity contribution in [1.29, 1.82) is 0 Å². The number of methoxy groups -OCH3 is 7. The Morgan fingerprint density at radius 2 is 0.804 bits per heavy atom. The highest BCUT2D eigenvalue weighted by Crippen LogP contribution is 2.38. The zero-order chi connectivity index (χ0) is 69.8. The number of nitrogens with one attached hydrogen (secondary N) is 3. The van der Waals surface area contributed by atoms with E-state index in [-0.39, 0.29) is 33.2 Å². The average molecular weight is 1480 g/mol. The number of ether oxygens (including phenoxy) is 9. The molecule has 28 heteroatoms. The van der Waals surface area contributed by atoms with Gasteiger partial charge in [0.1, 0.15) is 40.2 Å². The summed E-state index contributed by atoms with van der Waals surface area (Å²) < 4.78 is 102. The van der Waals surface area contributed by atoms with Crippen molar-refractivity contribution in [2.24, 2.45) is 0 Å². The predicted molar refractivity (Wildman–Crippen MR) is 383 cm³/mol. The maximum atomic E-state index is 13.2. The third kappa shape index (κ3) is 18.6. The van der Waals surface area contributed by atoms with Crippen molar-refractivity contribution in [3.8, 4) is 40.2 Å². The molecule has 0 radical (unpaired) electrons. The zero-order valence-electron chi connectivity index (χ0n) is 54.1. The lowest BCUT2D eigenvalue weighted by Gasteiger charge is -2.08. The SMILES string of the molecule is CCOC(=O)CSc1c[nH]c2ccc(OC)cc12.CCOC(=O)CSc1cn(S(=O)(=O)c2ccc(OC)cc2)c2ccc(OC)cc12.COc1ccc(S(=O)(=O)n2cc(SCC(=O)O)c3cc(OC)ccc32)cc1.COc1ccc2[nH]cc(Br)c2c1.COc1ccc2[nH]ccc2c1. The van der Waals surface area contributed by atoms with Gasteiger partial charge in [-0.1, -0.05) is 0 Å². The molecule has 0 amide bonds. The molecule has 0 unspecified atom stereocenters.